The molecular weight excluding hydrogens is 357 g/mol. The van der Waals surface area contributed by atoms with Crippen molar-refractivity contribution >= 4 is 5.91 Å². The molecule has 6 rings (SSSR count). The minimum atomic E-state index is -0.210. The van der Waals surface area contributed by atoms with Gasteiger partial charge in [0.15, 0.2) is 5.82 Å². The van der Waals surface area contributed by atoms with Gasteiger partial charge >= 0.3 is 0 Å². The van der Waals surface area contributed by atoms with Crippen molar-refractivity contribution in [3.05, 3.63) is 47.3 Å². The van der Waals surface area contributed by atoms with Crippen molar-refractivity contribution < 1.29 is 9.18 Å². The first-order valence-corrected chi connectivity index (χ1v) is 10.3. The van der Waals surface area contributed by atoms with Crippen LogP contribution in [0.5, 0.6) is 0 Å². The van der Waals surface area contributed by atoms with Crippen molar-refractivity contribution in [2.45, 2.75) is 50.6 Å². The third-order valence-electron chi connectivity index (χ3n) is 6.82. The summed E-state index contributed by atoms with van der Waals surface area (Å²) in [6, 6.07) is 7.50. The standard InChI is InChI=1S/C21H26FN5O/c1-13-23-18(25-24-13)6-7-19(28)27-12-17(14-2-4-16(22)5-3-14)21-20(27)15-8-10-26(21)11-9-15/h2-5,15,17,20-21H,6-12H2,1H3,(H,23,24,25)/t17-,20+,21+/m1/s1. The maximum absolute atomic E-state index is 13.4. The fraction of sp³-hybridized carbons (Fsp3) is 0.571. The molecule has 0 aliphatic carbocycles. The second-order valence-electron chi connectivity index (χ2n) is 8.40. The molecule has 1 amide bonds. The molecule has 0 unspecified atom stereocenters. The number of carbonyl (C=O) groups is 1. The van der Waals surface area contributed by atoms with Gasteiger partial charge in [0.2, 0.25) is 5.91 Å². The van der Waals surface area contributed by atoms with Gasteiger partial charge in [0.1, 0.15) is 11.6 Å². The van der Waals surface area contributed by atoms with Gasteiger partial charge in [-0.1, -0.05) is 12.1 Å². The number of hydrogen-bond donors (Lipinski definition) is 1. The number of nitrogens with zero attached hydrogens (tertiary/aromatic N) is 4. The number of halogens is 1. The van der Waals surface area contributed by atoms with Crippen LogP contribution in [0.25, 0.3) is 0 Å². The number of fused-ring (bicyclic) bond motifs is 2. The number of benzene rings is 1. The lowest BCUT2D eigenvalue weighted by atomic mass is 9.75. The van der Waals surface area contributed by atoms with Crippen LogP contribution in [0.1, 0.15) is 42.4 Å². The highest BCUT2D eigenvalue weighted by atomic mass is 19.1. The number of rotatable bonds is 4. The SMILES string of the molecule is Cc1nc(CCC(=O)N2C[C@H](c3ccc(F)cc3)[C@H]3[C@@H]2C2CCN3CC2)n[nH]1. The third-order valence-corrected chi connectivity index (χ3v) is 6.82. The Bertz CT molecular complexity index is 858. The quantitative estimate of drug-likeness (QED) is 0.880. The highest BCUT2D eigenvalue weighted by Gasteiger charge is 2.54. The van der Waals surface area contributed by atoms with Crippen LogP contribution >= 0.6 is 0 Å². The fourth-order valence-electron chi connectivity index (χ4n) is 5.57. The van der Waals surface area contributed by atoms with E-state index >= 15 is 0 Å². The van der Waals surface area contributed by atoms with E-state index in [1.54, 1.807) is 0 Å². The van der Waals surface area contributed by atoms with Crippen molar-refractivity contribution in [3.8, 4) is 0 Å². The van der Waals surface area contributed by atoms with Crippen LogP contribution in [-0.4, -0.2) is 62.6 Å². The summed E-state index contributed by atoms with van der Waals surface area (Å²) in [5.74, 6) is 2.29. The maximum atomic E-state index is 13.4. The number of aryl methyl sites for hydroxylation is 2. The summed E-state index contributed by atoms with van der Waals surface area (Å²) in [4.78, 5) is 22.2. The van der Waals surface area contributed by atoms with Gasteiger partial charge < -0.3 is 4.90 Å². The molecule has 0 spiro atoms. The van der Waals surface area contributed by atoms with Crippen LogP contribution in [0.3, 0.4) is 0 Å². The highest BCUT2D eigenvalue weighted by Crippen LogP contribution is 2.46. The molecule has 3 atom stereocenters. The van der Waals surface area contributed by atoms with E-state index < -0.39 is 0 Å². The highest BCUT2D eigenvalue weighted by molar-refractivity contribution is 5.77. The Balaban J connectivity index is 1.38. The number of amides is 1. The molecule has 4 aliphatic heterocycles. The van der Waals surface area contributed by atoms with Crippen molar-refractivity contribution in [3.63, 3.8) is 0 Å². The predicted molar refractivity (Wildman–Crippen MR) is 102 cm³/mol. The molecule has 1 aromatic carbocycles. The largest absolute Gasteiger partial charge is 0.337 e. The Morgan fingerprint density at radius 2 is 1.96 bits per heavy atom. The second kappa shape index (κ2) is 6.95. The van der Waals surface area contributed by atoms with E-state index in [9.17, 15) is 9.18 Å². The lowest BCUT2D eigenvalue weighted by Crippen LogP contribution is -2.60. The molecule has 2 bridgehead atoms. The van der Waals surface area contributed by atoms with Crippen LogP contribution in [0, 0.1) is 18.7 Å². The van der Waals surface area contributed by atoms with Gasteiger partial charge in [0.25, 0.3) is 0 Å². The van der Waals surface area contributed by atoms with E-state index in [1.807, 2.05) is 19.1 Å². The van der Waals surface area contributed by atoms with Gasteiger partial charge in [-0.05, 0) is 56.5 Å². The average Bonchev–Trinajstić information content (AvgIpc) is 3.33. The first-order valence-electron chi connectivity index (χ1n) is 10.3. The van der Waals surface area contributed by atoms with E-state index in [4.69, 9.17) is 0 Å². The molecule has 4 saturated heterocycles. The van der Waals surface area contributed by atoms with Gasteiger partial charge in [0, 0.05) is 31.3 Å². The van der Waals surface area contributed by atoms with Gasteiger partial charge in [-0.15, -0.1) is 0 Å². The Morgan fingerprint density at radius 3 is 2.64 bits per heavy atom. The van der Waals surface area contributed by atoms with E-state index in [-0.39, 0.29) is 23.7 Å². The van der Waals surface area contributed by atoms with Crippen LogP contribution in [-0.2, 0) is 11.2 Å². The van der Waals surface area contributed by atoms with Crippen LogP contribution in [0.15, 0.2) is 24.3 Å². The van der Waals surface area contributed by atoms with Crippen molar-refractivity contribution in [2.75, 3.05) is 19.6 Å². The summed E-state index contributed by atoms with van der Waals surface area (Å²) < 4.78 is 13.4. The topological polar surface area (TPSA) is 65.1 Å². The molecule has 5 heterocycles. The zero-order valence-corrected chi connectivity index (χ0v) is 16.1. The number of aromatic nitrogens is 3. The second-order valence-corrected chi connectivity index (χ2v) is 8.40. The number of H-pyrrole nitrogens is 1. The molecule has 1 aromatic heterocycles. The monoisotopic (exact) mass is 383 g/mol. The number of piperidine rings is 3. The molecule has 0 saturated carbocycles. The third kappa shape index (κ3) is 3.02. The first kappa shape index (κ1) is 17.8. The Hall–Kier alpha value is -2.28. The summed E-state index contributed by atoms with van der Waals surface area (Å²) in [6.07, 6.45) is 3.33. The molecule has 148 valence electrons. The normalized spacial score (nSPS) is 31.2. The Kier molecular flexibility index (Phi) is 4.42. The number of hydrogen-bond acceptors (Lipinski definition) is 4. The molecule has 1 N–H and O–H groups in total. The van der Waals surface area contributed by atoms with E-state index in [1.165, 1.54) is 25.0 Å². The molecule has 6 nitrogen and oxygen atoms in total. The summed E-state index contributed by atoms with van der Waals surface area (Å²) in [7, 11) is 0. The summed E-state index contributed by atoms with van der Waals surface area (Å²) in [6.45, 7) is 4.81. The lowest BCUT2D eigenvalue weighted by molar-refractivity contribution is -0.136. The summed E-state index contributed by atoms with van der Waals surface area (Å²) >= 11 is 0. The van der Waals surface area contributed by atoms with Gasteiger partial charge in [0.05, 0.1) is 6.04 Å². The Morgan fingerprint density at radius 1 is 1.21 bits per heavy atom. The summed E-state index contributed by atoms with van der Waals surface area (Å²) in [5.41, 5.74) is 1.14. The van der Waals surface area contributed by atoms with E-state index in [0.717, 1.165) is 31.0 Å². The molecule has 0 radical (unpaired) electrons. The van der Waals surface area contributed by atoms with E-state index in [0.29, 0.717) is 30.6 Å². The molecular formula is C21H26FN5O. The Labute approximate surface area is 164 Å². The molecule has 2 aromatic rings. The summed E-state index contributed by atoms with van der Waals surface area (Å²) in [5, 5.41) is 6.99. The maximum Gasteiger partial charge on any atom is 0.223 e. The van der Waals surface area contributed by atoms with E-state index in [2.05, 4.69) is 25.0 Å². The molecule has 4 fully saturated rings. The van der Waals surface area contributed by atoms with Gasteiger partial charge in [-0.25, -0.2) is 9.37 Å². The minimum Gasteiger partial charge on any atom is -0.337 e. The smallest absolute Gasteiger partial charge is 0.223 e. The number of likely N-dealkylation sites (tertiary alicyclic amines) is 1. The van der Waals surface area contributed by atoms with Crippen molar-refractivity contribution in [1.29, 1.82) is 0 Å². The first-order chi connectivity index (χ1) is 13.6. The zero-order chi connectivity index (χ0) is 19.3. The van der Waals surface area contributed by atoms with Gasteiger partial charge in [-0.2, -0.15) is 5.10 Å². The van der Waals surface area contributed by atoms with Crippen LogP contribution in [0.2, 0.25) is 0 Å². The number of nitrogens with one attached hydrogen (secondary N) is 1. The average molecular weight is 383 g/mol. The fourth-order valence-corrected chi connectivity index (χ4v) is 5.57. The van der Waals surface area contributed by atoms with Crippen LogP contribution in [0.4, 0.5) is 4.39 Å². The molecule has 4 aliphatic rings. The molecule has 7 heteroatoms. The molecule has 28 heavy (non-hydrogen) atoms. The van der Waals surface area contributed by atoms with Crippen molar-refractivity contribution in [1.82, 2.24) is 25.0 Å². The lowest BCUT2D eigenvalue weighted by Gasteiger charge is -2.51. The van der Waals surface area contributed by atoms with Gasteiger partial charge in [-0.3, -0.25) is 14.8 Å². The van der Waals surface area contributed by atoms with Crippen molar-refractivity contribution in [2.24, 2.45) is 5.92 Å². The number of aromatic amines is 1. The zero-order valence-electron chi connectivity index (χ0n) is 16.1. The predicted octanol–water partition coefficient (Wildman–Crippen LogP) is 2.27. The minimum absolute atomic E-state index is 0.191. The van der Waals surface area contributed by atoms with Crippen LogP contribution < -0.4 is 0 Å². The number of carbonyl (C=O) groups excluding carboxylic acids is 1.